The van der Waals surface area contributed by atoms with Crippen LogP contribution in [0.4, 0.5) is 5.69 Å². The first kappa shape index (κ1) is 18.2. The van der Waals surface area contributed by atoms with Crippen LogP contribution in [-0.4, -0.2) is 47.4 Å². The van der Waals surface area contributed by atoms with Crippen LogP contribution in [0, 0.1) is 0 Å². The smallest absolute Gasteiger partial charge is 0.253 e. The van der Waals surface area contributed by atoms with Crippen molar-refractivity contribution in [2.45, 2.75) is 6.92 Å². The Hall–Kier alpha value is -3.13. The minimum atomic E-state index is -3.41. The van der Waals surface area contributed by atoms with Crippen molar-refractivity contribution in [3.05, 3.63) is 55.1 Å². The number of aromatic amines is 1. The zero-order chi connectivity index (χ0) is 19.9. The van der Waals surface area contributed by atoms with E-state index >= 15 is 0 Å². The van der Waals surface area contributed by atoms with E-state index in [1.165, 1.54) is 0 Å². The maximum Gasteiger partial charge on any atom is 0.253 e. The zero-order valence-corrected chi connectivity index (χ0v) is 16.7. The fraction of sp³-hybridized carbons (Fsp3) is 0.200. The summed E-state index contributed by atoms with van der Waals surface area (Å²) in [5, 5.41) is 4.94. The lowest BCUT2D eigenvalue weighted by Gasteiger charge is -2.12. The molecule has 28 heavy (non-hydrogen) atoms. The van der Waals surface area contributed by atoms with Gasteiger partial charge in [-0.1, -0.05) is 12.1 Å². The molecule has 0 radical (unpaired) electrons. The van der Waals surface area contributed by atoms with Gasteiger partial charge >= 0.3 is 0 Å². The van der Waals surface area contributed by atoms with Crippen LogP contribution in [0.5, 0.6) is 0 Å². The van der Waals surface area contributed by atoms with Gasteiger partial charge in [0, 0.05) is 54.3 Å². The highest BCUT2D eigenvalue weighted by atomic mass is 32.2. The Bertz CT molecular complexity index is 1240. The van der Waals surface area contributed by atoms with Gasteiger partial charge in [-0.05, 0) is 30.7 Å². The standard InChI is InChI=1S/C20H21N5O2S/c1-4-28(26,27)25-13-16(11-23-25)19-12-22-20-18(19)9-15(10-21-20)14-5-7-17(8-6-14)24(2)3/h5-13H,4H2,1-3H3,(H,21,22). The van der Waals surface area contributed by atoms with Gasteiger partial charge in [0.15, 0.2) is 0 Å². The molecule has 8 heteroatoms. The molecule has 0 atom stereocenters. The fourth-order valence-corrected chi connectivity index (χ4v) is 3.81. The Morgan fingerprint density at radius 1 is 1.07 bits per heavy atom. The van der Waals surface area contributed by atoms with Crippen molar-refractivity contribution >= 4 is 26.7 Å². The van der Waals surface area contributed by atoms with E-state index < -0.39 is 10.0 Å². The van der Waals surface area contributed by atoms with E-state index in [1.54, 1.807) is 19.3 Å². The molecule has 3 heterocycles. The molecule has 0 bridgehead atoms. The molecule has 1 aromatic carbocycles. The Labute approximate surface area is 163 Å². The minimum Gasteiger partial charge on any atom is -0.378 e. The summed E-state index contributed by atoms with van der Waals surface area (Å²) in [7, 11) is 0.607. The van der Waals surface area contributed by atoms with Crippen LogP contribution in [0.2, 0.25) is 0 Å². The summed E-state index contributed by atoms with van der Waals surface area (Å²) in [6.07, 6.45) is 6.77. The van der Waals surface area contributed by atoms with Gasteiger partial charge in [-0.3, -0.25) is 0 Å². The first-order valence-corrected chi connectivity index (χ1v) is 10.5. The zero-order valence-electron chi connectivity index (χ0n) is 15.9. The number of hydrogen-bond acceptors (Lipinski definition) is 5. The third-order valence-electron chi connectivity index (χ3n) is 4.77. The Morgan fingerprint density at radius 3 is 2.50 bits per heavy atom. The van der Waals surface area contributed by atoms with E-state index in [0.717, 1.165) is 43.1 Å². The van der Waals surface area contributed by atoms with Gasteiger partial charge in [-0.2, -0.15) is 9.19 Å². The van der Waals surface area contributed by atoms with Crippen LogP contribution in [0.1, 0.15) is 6.92 Å². The van der Waals surface area contributed by atoms with E-state index in [0.29, 0.717) is 0 Å². The highest BCUT2D eigenvalue weighted by molar-refractivity contribution is 7.89. The largest absolute Gasteiger partial charge is 0.378 e. The predicted molar refractivity (Wildman–Crippen MR) is 112 cm³/mol. The summed E-state index contributed by atoms with van der Waals surface area (Å²) < 4.78 is 25.1. The number of hydrogen-bond donors (Lipinski definition) is 1. The molecular weight excluding hydrogens is 374 g/mol. The van der Waals surface area contributed by atoms with Crippen LogP contribution >= 0.6 is 0 Å². The molecule has 0 aliphatic rings. The van der Waals surface area contributed by atoms with Gasteiger partial charge in [-0.15, -0.1) is 0 Å². The van der Waals surface area contributed by atoms with Gasteiger partial charge in [-0.25, -0.2) is 13.4 Å². The van der Waals surface area contributed by atoms with Crippen molar-refractivity contribution in [2.24, 2.45) is 0 Å². The van der Waals surface area contributed by atoms with Crippen molar-refractivity contribution in [3.63, 3.8) is 0 Å². The molecule has 1 N–H and O–H groups in total. The number of nitrogens with zero attached hydrogens (tertiary/aromatic N) is 4. The van der Waals surface area contributed by atoms with Crippen molar-refractivity contribution in [1.82, 2.24) is 19.2 Å². The van der Waals surface area contributed by atoms with E-state index in [-0.39, 0.29) is 5.75 Å². The lowest BCUT2D eigenvalue weighted by atomic mass is 10.0. The molecule has 4 rings (SSSR count). The number of fused-ring (bicyclic) bond motifs is 1. The molecule has 0 spiro atoms. The molecule has 4 aromatic rings. The number of nitrogens with one attached hydrogen (secondary N) is 1. The predicted octanol–water partition coefficient (Wildman–Crippen LogP) is 3.36. The Kier molecular flexibility index (Phi) is 4.43. The summed E-state index contributed by atoms with van der Waals surface area (Å²) in [6.45, 7) is 1.60. The number of H-pyrrole nitrogens is 1. The first-order chi connectivity index (χ1) is 13.4. The number of benzene rings is 1. The number of rotatable bonds is 5. The van der Waals surface area contributed by atoms with E-state index in [4.69, 9.17) is 0 Å². The Balaban J connectivity index is 1.77. The average molecular weight is 395 g/mol. The second kappa shape index (κ2) is 6.79. The SMILES string of the molecule is CCS(=O)(=O)n1cc(-c2c[nH]c3ncc(-c4ccc(N(C)C)cc4)cc23)cn1. The molecule has 3 aromatic heterocycles. The number of pyridine rings is 1. The normalized spacial score (nSPS) is 11.8. The van der Waals surface area contributed by atoms with Gasteiger partial charge in [0.1, 0.15) is 5.65 Å². The fourth-order valence-electron chi connectivity index (χ4n) is 3.08. The van der Waals surface area contributed by atoms with Crippen molar-refractivity contribution in [3.8, 4) is 22.3 Å². The summed E-state index contributed by atoms with van der Waals surface area (Å²) in [6, 6.07) is 10.3. The molecule has 7 nitrogen and oxygen atoms in total. The van der Waals surface area contributed by atoms with Gasteiger partial charge in [0.05, 0.1) is 18.1 Å². The molecule has 0 aliphatic heterocycles. The van der Waals surface area contributed by atoms with Crippen LogP contribution in [-0.2, 0) is 10.0 Å². The van der Waals surface area contributed by atoms with Gasteiger partial charge in [0.2, 0.25) is 0 Å². The molecule has 0 saturated heterocycles. The molecule has 0 aliphatic carbocycles. The monoisotopic (exact) mass is 395 g/mol. The second-order valence-electron chi connectivity index (χ2n) is 6.77. The maximum absolute atomic E-state index is 12.0. The summed E-state index contributed by atoms with van der Waals surface area (Å²) in [4.78, 5) is 9.72. The van der Waals surface area contributed by atoms with Crippen molar-refractivity contribution < 1.29 is 8.42 Å². The summed E-state index contributed by atoms with van der Waals surface area (Å²) in [5.74, 6) is -0.00332. The van der Waals surface area contributed by atoms with Gasteiger partial charge < -0.3 is 9.88 Å². The quantitative estimate of drug-likeness (QED) is 0.560. The average Bonchev–Trinajstić information content (AvgIpc) is 3.34. The third-order valence-corrected chi connectivity index (χ3v) is 6.27. The van der Waals surface area contributed by atoms with E-state index in [1.807, 2.05) is 26.5 Å². The molecular formula is C20H21N5O2S. The molecule has 0 fully saturated rings. The van der Waals surface area contributed by atoms with E-state index in [2.05, 4.69) is 50.3 Å². The lowest BCUT2D eigenvalue weighted by molar-refractivity contribution is 0.581. The van der Waals surface area contributed by atoms with Crippen molar-refractivity contribution in [2.75, 3.05) is 24.7 Å². The highest BCUT2D eigenvalue weighted by Crippen LogP contribution is 2.31. The molecule has 0 amide bonds. The first-order valence-electron chi connectivity index (χ1n) is 8.92. The summed E-state index contributed by atoms with van der Waals surface area (Å²) >= 11 is 0. The topological polar surface area (TPSA) is 83.9 Å². The van der Waals surface area contributed by atoms with E-state index in [9.17, 15) is 8.42 Å². The van der Waals surface area contributed by atoms with Crippen LogP contribution in [0.15, 0.2) is 55.1 Å². The third kappa shape index (κ3) is 3.16. The number of anilines is 1. The Morgan fingerprint density at radius 2 is 1.82 bits per heavy atom. The van der Waals surface area contributed by atoms with Gasteiger partial charge in [0.25, 0.3) is 10.0 Å². The second-order valence-corrected chi connectivity index (χ2v) is 8.88. The lowest BCUT2D eigenvalue weighted by Crippen LogP contribution is -2.14. The molecule has 144 valence electrons. The minimum absolute atomic E-state index is 0.00332. The van der Waals surface area contributed by atoms with Crippen LogP contribution in [0.3, 0.4) is 0 Å². The van der Waals surface area contributed by atoms with Crippen LogP contribution in [0.25, 0.3) is 33.3 Å². The molecule has 0 saturated carbocycles. The van der Waals surface area contributed by atoms with Crippen molar-refractivity contribution in [1.29, 1.82) is 0 Å². The number of aromatic nitrogens is 4. The maximum atomic E-state index is 12.0. The summed E-state index contributed by atoms with van der Waals surface area (Å²) in [5.41, 5.74) is 5.53. The molecule has 0 unspecified atom stereocenters. The highest BCUT2D eigenvalue weighted by Gasteiger charge is 2.15. The van der Waals surface area contributed by atoms with Crippen LogP contribution < -0.4 is 4.90 Å².